The third-order valence-corrected chi connectivity index (χ3v) is 37.9. The molecule has 3 nitrogen and oxygen atoms in total. The first kappa shape index (κ1) is 73.6. The molecular weight excluding hydrogens is 1590 g/mol. The molecule has 0 spiro atoms. The van der Waals surface area contributed by atoms with Gasteiger partial charge in [0.25, 0.3) is 0 Å². The van der Waals surface area contributed by atoms with Crippen molar-refractivity contribution in [1.82, 2.24) is 0 Å². The molecule has 0 unspecified atom stereocenters. The van der Waals surface area contributed by atoms with Crippen LogP contribution in [0.5, 0.6) is 0 Å². The fourth-order valence-electron chi connectivity index (χ4n) is 20.9. The summed E-state index contributed by atoms with van der Waals surface area (Å²) in [6, 6.07) is 145. The first-order valence-electron chi connectivity index (χ1n) is 41.7. The zero-order chi connectivity index (χ0) is 80.4. The summed E-state index contributed by atoms with van der Waals surface area (Å²) < 4.78 is 0. The Bertz CT molecular complexity index is 6500. The lowest BCUT2D eigenvalue weighted by Crippen LogP contribution is -2.58. The molecule has 0 fully saturated rings. The fourth-order valence-corrected chi connectivity index (χ4v) is 32.7. The van der Waals surface area contributed by atoms with Gasteiger partial charge in [0, 0.05) is 63.2 Å². The number of rotatable bonds is 5. The summed E-state index contributed by atoms with van der Waals surface area (Å²) >= 11 is 12.0. The summed E-state index contributed by atoms with van der Waals surface area (Å²) in [6.45, 7) is 9.68. The molecule has 0 atom stereocenters. The van der Waals surface area contributed by atoms with Crippen LogP contribution in [0.25, 0.3) is 66.8 Å². The zero-order valence-electron chi connectivity index (χ0n) is 67.0. The van der Waals surface area contributed by atoms with Crippen molar-refractivity contribution in [3.8, 4) is 66.8 Å². The van der Waals surface area contributed by atoms with E-state index in [9.17, 15) is 0 Å². The van der Waals surface area contributed by atoms with Crippen LogP contribution in [0.15, 0.2) is 418 Å². The lowest BCUT2D eigenvalue weighted by molar-refractivity contribution is 0.632. The highest BCUT2D eigenvalue weighted by Gasteiger charge is 2.49. The molecule has 0 saturated heterocycles. The van der Waals surface area contributed by atoms with Gasteiger partial charge >= 0.3 is 15.8 Å². The third kappa shape index (κ3) is 11.4. The fraction of sp³-hybridized carbons (Fsp3) is 0.0556. The van der Waals surface area contributed by atoms with Gasteiger partial charge in [0.05, 0.1) is 28.2 Å². The second-order valence-electron chi connectivity index (χ2n) is 33.4. The topological polar surface area (TPSA) is 9.72 Å². The lowest BCUT2D eigenvalue weighted by atomic mass is 9.62. The van der Waals surface area contributed by atoms with E-state index in [1.165, 1.54) is 207 Å². The van der Waals surface area contributed by atoms with Crippen LogP contribution in [-0.2, 0) is 10.8 Å². The van der Waals surface area contributed by atoms with Crippen LogP contribution in [0.4, 0.5) is 51.2 Å². The number of anilines is 9. The molecule has 0 aromatic heterocycles. The summed E-state index contributed by atoms with van der Waals surface area (Å²) in [5.74, 6) is 0. The molecular formula is C108H76B3N3S6Si. The summed E-state index contributed by atoms with van der Waals surface area (Å²) in [7, 11) is -1.82. The molecule has 572 valence electrons. The Labute approximate surface area is 735 Å². The quantitative estimate of drug-likeness (QED) is 0.155. The average Bonchev–Trinajstić information content (AvgIpc) is 0.702. The summed E-state index contributed by atoms with van der Waals surface area (Å²) in [4.78, 5) is 15.8. The van der Waals surface area contributed by atoms with E-state index >= 15 is 0 Å². The van der Waals surface area contributed by atoms with Gasteiger partial charge in [0.15, 0.2) is 0 Å². The van der Waals surface area contributed by atoms with Gasteiger partial charge in [-0.15, -0.1) is 0 Å². The van der Waals surface area contributed by atoms with Gasteiger partial charge in [-0.25, -0.2) is 0 Å². The molecule has 0 bridgehead atoms. The minimum absolute atomic E-state index is 0.0657. The summed E-state index contributed by atoms with van der Waals surface area (Å²) in [5, 5.41) is 4.07. The van der Waals surface area contributed by atoms with Crippen LogP contribution in [0.3, 0.4) is 0 Å². The van der Waals surface area contributed by atoms with Gasteiger partial charge < -0.3 is 14.7 Å². The Balaban J connectivity index is 0.000000104. The van der Waals surface area contributed by atoms with Gasteiger partial charge in [-0.3, -0.25) is 0 Å². The molecule has 0 aliphatic carbocycles. The van der Waals surface area contributed by atoms with Crippen LogP contribution in [0, 0.1) is 0 Å². The number of nitrogens with zero attached hydrogens (tertiary/aromatic N) is 3. The van der Waals surface area contributed by atoms with Crippen LogP contribution >= 0.6 is 69.7 Å². The highest BCUT2D eigenvalue weighted by molar-refractivity contribution is 8.57. The molecule has 9 aliphatic rings. The van der Waals surface area contributed by atoms with Crippen molar-refractivity contribution in [3.63, 3.8) is 0 Å². The Morgan fingerprint density at radius 2 is 0.438 bits per heavy atom. The number of para-hydroxylation sites is 6. The molecule has 17 aromatic rings. The standard InChI is InChI=1S/C43H28BNS2.C33H24BNS2.C32H24BNS2Si/c1-3-15-29(16-4-1)43(30-17-5-2-6-18-30)36-21-9-11-23-38(36)45(39-24-12-10-22-37(39)43)31-27-34-32-19-7-13-25-40(32)46-44-42(34)35(28-31)33-20-8-14-26-41(33)47-44;1-33(2)26-13-5-7-15-28(26)35(29-16-8-6-14-27(29)33)21-19-24-22-11-3-9-17-30(22)36-34-32(24)25(20-21)23-12-4-10-18-31(23)37-34;1-37(2)30-17-9-5-13-26(30)34(27-14-6-10-18-31(27)37)21-19-24-22-11-3-7-15-28(22)35-33-32(24)25(20-21)23-12-4-8-16-29(23)36-33/h1-28H;2*3-20H,1-2H3. The first-order chi connectivity index (χ1) is 59.5. The van der Waals surface area contributed by atoms with Crippen LogP contribution in [0.1, 0.15) is 47.2 Å². The molecule has 26 rings (SSSR count). The van der Waals surface area contributed by atoms with E-state index in [0.29, 0.717) is 15.8 Å². The van der Waals surface area contributed by atoms with Gasteiger partial charge in [0.1, 0.15) is 8.07 Å². The molecule has 9 aliphatic heterocycles. The lowest BCUT2D eigenvalue weighted by Gasteiger charge is -2.46. The van der Waals surface area contributed by atoms with E-state index < -0.39 is 13.5 Å². The van der Waals surface area contributed by atoms with Gasteiger partial charge in [-0.1, -0.05) is 306 Å². The number of fused-ring (bicyclic) bond motifs is 18. The van der Waals surface area contributed by atoms with Gasteiger partial charge in [0.2, 0.25) is 0 Å². The van der Waals surface area contributed by atoms with E-state index in [1.54, 1.807) is 0 Å². The smallest absolute Gasteiger partial charge is 0.311 e. The molecule has 0 radical (unpaired) electrons. The molecule has 13 heteroatoms. The average molecular weight is 1670 g/mol. The third-order valence-electron chi connectivity index (χ3n) is 26.2. The number of benzene rings is 17. The SMILES string of the molecule is CC1(C)c2ccccc2N(c2cc3c4c(c2)-c2ccccc2SB4Sc2ccccc2-3)c2ccccc21.C[Si]1(C)c2ccccc2N(c2cc3c4c(c2)-c2ccccc2SB4Sc2ccccc2-3)c2ccccc21.c1ccc(C2(c3ccccc3)c3ccccc3N(c3cc4c5c(c3)-c3ccccc3SB5Sc3ccccc3-4)c3ccccc32)cc1. The van der Waals surface area contributed by atoms with Crippen molar-refractivity contribution in [1.29, 1.82) is 0 Å². The van der Waals surface area contributed by atoms with E-state index in [-0.39, 0.29) is 5.41 Å². The van der Waals surface area contributed by atoms with E-state index in [4.69, 9.17) is 0 Å². The van der Waals surface area contributed by atoms with Crippen molar-refractivity contribution in [3.05, 3.63) is 422 Å². The van der Waals surface area contributed by atoms with Crippen molar-refractivity contribution in [2.45, 2.75) is 67.1 Å². The normalized spacial score (nSPS) is 15.3. The maximum atomic E-state index is 2.53. The van der Waals surface area contributed by atoms with Gasteiger partial charge in [-0.05, 0) is 236 Å². The molecule has 0 amide bonds. The van der Waals surface area contributed by atoms with Crippen molar-refractivity contribution in [2.75, 3.05) is 14.7 Å². The maximum absolute atomic E-state index is 2.53. The zero-order valence-corrected chi connectivity index (χ0v) is 72.9. The van der Waals surface area contributed by atoms with Crippen LogP contribution in [-0.4, -0.2) is 23.9 Å². The second-order valence-corrected chi connectivity index (χ2v) is 45.5. The molecule has 0 N–H and O–H groups in total. The molecule has 9 heterocycles. The first-order valence-corrected chi connectivity index (χ1v) is 50.0. The number of hydrogen-bond donors (Lipinski definition) is 0. The van der Waals surface area contributed by atoms with Crippen molar-refractivity contribution >= 4 is 172 Å². The van der Waals surface area contributed by atoms with Crippen molar-refractivity contribution < 1.29 is 0 Å². The monoisotopic (exact) mass is 1670 g/mol. The molecule has 121 heavy (non-hydrogen) atoms. The Morgan fingerprint density at radius 3 is 0.727 bits per heavy atom. The summed E-state index contributed by atoms with van der Waals surface area (Å²) in [6.07, 6.45) is 0. The van der Waals surface area contributed by atoms with E-state index in [0.717, 1.165) is 0 Å². The predicted octanol–water partition coefficient (Wildman–Crippen LogP) is 27.7. The minimum atomic E-state index is -1.82. The van der Waals surface area contributed by atoms with Gasteiger partial charge in [-0.2, -0.15) is 69.7 Å². The van der Waals surface area contributed by atoms with Crippen molar-refractivity contribution in [2.24, 2.45) is 0 Å². The minimum Gasteiger partial charge on any atom is -0.311 e. The Hall–Kier alpha value is -11.3. The number of hydrogen-bond acceptors (Lipinski definition) is 9. The Kier molecular flexibility index (Phi) is 17.6. The van der Waals surface area contributed by atoms with E-state index in [1.807, 2.05) is 69.7 Å². The largest absolute Gasteiger partial charge is 0.318 e. The highest BCUT2D eigenvalue weighted by Crippen LogP contribution is 2.62. The Morgan fingerprint density at radius 1 is 0.223 bits per heavy atom. The van der Waals surface area contributed by atoms with Crippen LogP contribution < -0.4 is 41.5 Å². The molecule has 17 aromatic carbocycles. The molecule has 0 saturated carbocycles. The second kappa shape index (κ2) is 28.9. The predicted molar refractivity (Wildman–Crippen MR) is 528 cm³/mol. The maximum Gasteiger partial charge on any atom is 0.318 e. The highest BCUT2D eigenvalue weighted by atomic mass is 32.2. The van der Waals surface area contributed by atoms with E-state index in [2.05, 4.69) is 430 Å². The summed E-state index contributed by atoms with van der Waals surface area (Å²) in [5.41, 5.74) is 39.2. The van der Waals surface area contributed by atoms with Crippen LogP contribution in [0.2, 0.25) is 13.1 Å².